The molecular formula is C17H20ClN5O3. The highest BCUT2D eigenvalue weighted by Crippen LogP contribution is 2.26. The van der Waals surface area contributed by atoms with Gasteiger partial charge >= 0.3 is 6.09 Å². The minimum absolute atomic E-state index is 0.164. The first-order valence-corrected chi connectivity index (χ1v) is 8.83. The van der Waals surface area contributed by atoms with Gasteiger partial charge in [-0.25, -0.2) is 14.5 Å². The highest BCUT2D eigenvalue weighted by atomic mass is 35.5. The van der Waals surface area contributed by atoms with Crippen molar-refractivity contribution in [2.24, 2.45) is 5.92 Å². The number of likely N-dealkylation sites (tertiary alicyclic amines) is 1. The summed E-state index contributed by atoms with van der Waals surface area (Å²) in [7, 11) is 0. The Labute approximate surface area is 156 Å². The van der Waals surface area contributed by atoms with Gasteiger partial charge < -0.3 is 15.0 Å². The van der Waals surface area contributed by atoms with E-state index in [1.165, 1.54) is 6.33 Å². The van der Waals surface area contributed by atoms with Crippen LogP contribution < -0.4 is 5.32 Å². The van der Waals surface area contributed by atoms with Crippen molar-refractivity contribution in [2.75, 3.05) is 25.0 Å². The summed E-state index contributed by atoms with van der Waals surface area (Å²) in [4.78, 5) is 30.2. The summed E-state index contributed by atoms with van der Waals surface area (Å²) in [6.45, 7) is 3.01. The molecule has 1 unspecified atom stereocenters. The Bertz CT molecular complexity index is 781. The molecule has 1 atom stereocenters. The zero-order valence-corrected chi connectivity index (χ0v) is 15.1. The molecule has 2 aromatic rings. The minimum atomic E-state index is -0.379. The highest BCUT2D eigenvalue weighted by Gasteiger charge is 2.29. The fourth-order valence-corrected chi connectivity index (χ4v) is 3.12. The number of benzene rings is 1. The number of ether oxygens (including phenoxy) is 1. The molecule has 1 aliphatic rings. The predicted molar refractivity (Wildman–Crippen MR) is 96.3 cm³/mol. The monoisotopic (exact) mass is 377 g/mol. The maximum atomic E-state index is 12.7. The Morgan fingerprint density at radius 3 is 3.00 bits per heavy atom. The Kier molecular flexibility index (Phi) is 5.72. The number of nitrogens with one attached hydrogen (secondary N) is 1. The number of halogens is 1. The van der Waals surface area contributed by atoms with Gasteiger partial charge in [0, 0.05) is 18.1 Å². The van der Waals surface area contributed by atoms with Crippen LogP contribution in [0.5, 0.6) is 0 Å². The predicted octanol–water partition coefficient (Wildman–Crippen LogP) is 2.73. The number of hydrogen-bond donors (Lipinski definition) is 1. The number of carbonyl (C=O) groups excluding carboxylic acids is 2. The fourth-order valence-electron chi connectivity index (χ4n) is 2.95. The number of aromatic nitrogens is 3. The van der Waals surface area contributed by atoms with Gasteiger partial charge in [0.25, 0.3) is 0 Å². The molecule has 0 radical (unpaired) electrons. The maximum absolute atomic E-state index is 12.7. The molecule has 26 heavy (non-hydrogen) atoms. The van der Waals surface area contributed by atoms with Crippen molar-refractivity contribution in [3.63, 3.8) is 0 Å². The Balaban J connectivity index is 1.74. The molecule has 0 aliphatic carbocycles. The van der Waals surface area contributed by atoms with Gasteiger partial charge in [0.1, 0.15) is 12.7 Å². The van der Waals surface area contributed by atoms with Gasteiger partial charge in [-0.05, 0) is 38.0 Å². The van der Waals surface area contributed by atoms with Crippen LogP contribution >= 0.6 is 11.6 Å². The third kappa shape index (κ3) is 4.13. The molecule has 0 bridgehead atoms. The average Bonchev–Trinajstić information content (AvgIpc) is 3.16. The van der Waals surface area contributed by atoms with Gasteiger partial charge in [-0.15, -0.1) is 0 Å². The lowest BCUT2D eigenvalue weighted by molar-refractivity contribution is -0.121. The van der Waals surface area contributed by atoms with Gasteiger partial charge in [0.15, 0.2) is 0 Å². The first-order valence-electron chi connectivity index (χ1n) is 8.45. The van der Waals surface area contributed by atoms with Crippen molar-refractivity contribution in [2.45, 2.75) is 19.8 Å². The fraction of sp³-hybridized carbons (Fsp3) is 0.412. The van der Waals surface area contributed by atoms with Crippen LogP contribution in [0.4, 0.5) is 10.5 Å². The average molecular weight is 378 g/mol. The second-order valence-electron chi connectivity index (χ2n) is 5.97. The normalized spacial score (nSPS) is 17.0. The second kappa shape index (κ2) is 8.18. The molecule has 3 rings (SSSR count). The molecule has 0 saturated carbocycles. The van der Waals surface area contributed by atoms with Crippen molar-refractivity contribution in [3.05, 3.63) is 35.9 Å². The summed E-state index contributed by atoms with van der Waals surface area (Å²) in [5.74, 6) is -0.474. The van der Waals surface area contributed by atoms with E-state index in [2.05, 4.69) is 15.4 Å². The van der Waals surface area contributed by atoms with E-state index < -0.39 is 0 Å². The molecule has 0 spiro atoms. The van der Waals surface area contributed by atoms with Crippen molar-refractivity contribution in [1.29, 1.82) is 0 Å². The third-order valence-electron chi connectivity index (χ3n) is 4.20. The molecule has 2 heterocycles. The van der Waals surface area contributed by atoms with Gasteiger partial charge in [-0.3, -0.25) is 4.79 Å². The molecule has 138 valence electrons. The van der Waals surface area contributed by atoms with Crippen molar-refractivity contribution in [3.8, 4) is 5.69 Å². The summed E-state index contributed by atoms with van der Waals surface area (Å²) in [5.41, 5.74) is 1.21. The van der Waals surface area contributed by atoms with Crippen LogP contribution in [0.1, 0.15) is 19.8 Å². The van der Waals surface area contributed by atoms with E-state index in [4.69, 9.17) is 16.3 Å². The quantitative estimate of drug-likeness (QED) is 0.884. The molecular weight excluding hydrogens is 358 g/mol. The molecule has 1 N–H and O–H groups in total. The van der Waals surface area contributed by atoms with Crippen molar-refractivity contribution < 1.29 is 14.3 Å². The van der Waals surface area contributed by atoms with E-state index in [0.717, 1.165) is 6.42 Å². The SMILES string of the molecule is CCOC(=O)N1CCCC(C(=O)Nc2cc(Cl)ccc2-n2cncn2)C1. The van der Waals surface area contributed by atoms with Crippen LogP contribution in [0.25, 0.3) is 5.69 Å². The van der Waals surface area contributed by atoms with Crippen LogP contribution in [0.3, 0.4) is 0 Å². The Morgan fingerprint density at radius 2 is 2.27 bits per heavy atom. The van der Waals surface area contributed by atoms with E-state index in [0.29, 0.717) is 42.5 Å². The topological polar surface area (TPSA) is 89.4 Å². The zero-order valence-electron chi connectivity index (χ0n) is 14.4. The molecule has 1 saturated heterocycles. The summed E-state index contributed by atoms with van der Waals surface area (Å²) < 4.78 is 6.58. The lowest BCUT2D eigenvalue weighted by Crippen LogP contribution is -2.44. The van der Waals surface area contributed by atoms with E-state index in [-0.39, 0.29) is 17.9 Å². The lowest BCUT2D eigenvalue weighted by Gasteiger charge is -2.31. The first kappa shape index (κ1) is 18.2. The number of rotatable bonds is 4. The molecule has 1 aromatic heterocycles. The minimum Gasteiger partial charge on any atom is -0.450 e. The van der Waals surface area contributed by atoms with Gasteiger partial charge in [-0.1, -0.05) is 11.6 Å². The van der Waals surface area contributed by atoms with E-state index in [1.54, 1.807) is 41.0 Å². The molecule has 2 amide bonds. The molecule has 1 aromatic carbocycles. The van der Waals surface area contributed by atoms with Crippen LogP contribution in [0, 0.1) is 5.92 Å². The number of amides is 2. The maximum Gasteiger partial charge on any atom is 0.409 e. The molecule has 9 heteroatoms. The van der Waals surface area contributed by atoms with Gasteiger partial charge in [-0.2, -0.15) is 5.10 Å². The first-order chi connectivity index (χ1) is 12.6. The molecule has 8 nitrogen and oxygen atoms in total. The van der Waals surface area contributed by atoms with Gasteiger partial charge in [0.2, 0.25) is 5.91 Å². The van der Waals surface area contributed by atoms with Crippen LogP contribution in [-0.4, -0.2) is 51.4 Å². The Hall–Kier alpha value is -2.61. The van der Waals surface area contributed by atoms with E-state index >= 15 is 0 Å². The lowest BCUT2D eigenvalue weighted by atomic mass is 9.97. The summed E-state index contributed by atoms with van der Waals surface area (Å²) >= 11 is 6.08. The summed E-state index contributed by atoms with van der Waals surface area (Å²) in [6, 6.07) is 5.15. The van der Waals surface area contributed by atoms with Gasteiger partial charge in [0.05, 0.1) is 23.9 Å². The molecule has 1 aliphatic heterocycles. The van der Waals surface area contributed by atoms with Crippen LogP contribution in [0.2, 0.25) is 5.02 Å². The number of piperidine rings is 1. The molecule has 1 fully saturated rings. The third-order valence-corrected chi connectivity index (χ3v) is 4.44. The summed E-state index contributed by atoms with van der Waals surface area (Å²) in [5, 5.41) is 7.51. The smallest absolute Gasteiger partial charge is 0.409 e. The van der Waals surface area contributed by atoms with E-state index in [9.17, 15) is 9.59 Å². The highest BCUT2D eigenvalue weighted by molar-refractivity contribution is 6.31. The van der Waals surface area contributed by atoms with Crippen molar-refractivity contribution >= 4 is 29.3 Å². The Morgan fingerprint density at radius 1 is 1.42 bits per heavy atom. The number of hydrogen-bond acceptors (Lipinski definition) is 5. The van der Waals surface area contributed by atoms with Crippen molar-refractivity contribution in [1.82, 2.24) is 19.7 Å². The summed E-state index contributed by atoms with van der Waals surface area (Å²) in [6.07, 6.45) is 4.04. The largest absolute Gasteiger partial charge is 0.450 e. The number of nitrogens with zero attached hydrogens (tertiary/aromatic N) is 4. The standard InChI is InChI=1S/C17H20ClN5O3/c1-2-26-17(25)22-7-3-4-12(9-22)16(24)21-14-8-13(18)5-6-15(14)23-11-19-10-20-23/h5-6,8,10-12H,2-4,7,9H2,1H3,(H,21,24). The zero-order chi connectivity index (χ0) is 18.5. The van der Waals surface area contributed by atoms with Crippen LogP contribution in [0.15, 0.2) is 30.9 Å². The number of carbonyl (C=O) groups is 2. The van der Waals surface area contributed by atoms with E-state index in [1.807, 2.05) is 0 Å². The second-order valence-corrected chi connectivity index (χ2v) is 6.41. The number of anilines is 1. The van der Waals surface area contributed by atoms with Crippen LogP contribution in [-0.2, 0) is 9.53 Å².